The van der Waals surface area contributed by atoms with Crippen LogP contribution in [-0.4, -0.2) is 31.7 Å². The highest BCUT2D eigenvalue weighted by molar-refractivity contribution is 7.89. The van der Waals surface area contributed by atoms with Crippen LogP contribution in [0.3, 0.4) is 0 Å². The second-order valence-corrected chi connectivity index (χ2v) is 7.09. The second-order valence-electron chi connectivity index (χ2n) is 5.16. The summed E-state index contributed by atoms with van der Waals surface area (Å²) in [6.45, 7) is 4.44. The maximum atomic E-state index is 11.8. The van der Waals surface area contributed by atoms with Gasteiger partial charge in [-0.15, -0.1) is 0 Å². The topological polar surface area (TPSA) is 85.1 Å². The molecule has 0 aliphatic heterocycles. The summed E-state index contributed by atoms with van der Waals surface area (Å²) in [4.78, 5) is 3.90. The van der Waals surface area contributed by atoms with Crippen LogP contribution < -0.4 is 10.5 Å². The number of hydrogen-bond donors (Lipinski definition) is 2. The smallest absolute Gasteiger partial charge is 0.211 e. The third kappa shape index (κ3) is 7.25. The van der Waals surface area contributed by atoms with Crippen LogP contribution in [0.4, 0.5) is 0 Å². The van der Waals surface area contributed by atoms with Crippen LogP contribution in [-0.2, 0) is 16.4 Å². The SMILES string of the molecule is CC(C)CC(N)CNS(=O)(=O)CCc1ccncc1. The fourth-order valence-electron chi connectivity index (χ4n) is 1.80. The first-order valence-electron chi connectivity index (χ1n) is 6.51. The molecule has 1 aromatic heterocycles. The summed E-state index contributed by atoms with van der Waals surface area (Å²) in [5.74, 6) is 0.544. The van der Waals surface area contributed by atoms with Crippen molar-refractivity contribution in [3.8, 4) is 0 Å². The number of aryl methyl sites for hydroxylation is 1. The van der Waals surface area contributed by atoms with Gasteiger partial charge in [-0.1, -0.05) is 13.8 Å². The highest BCUT2D eigenvalue weighted by Crippen LogP contribution is 2.03. The Labute approximate surface area is 115 Å². The van der Waals surface area contributed by atoms with Crippen LogP contribution in [0.15, 0.2) is 24.5 Å². The molecule has 6 heteroatoms. The minimum absolute atomic E-state index is 0.0748. The molecule has 0 aliphatic carbocycles. The number of aromatic nitrogens is 1. The summed E-state index contributed by atoms with van der Waals surface area (Å²) in [5, 5.41) is 0. The molecule has 1 rings (SSSR count). The number of nitrogens with two attached hydrogens (primary N) is 1. The highest BCUT2D eigenvalue weighted by atomic mass is 32.2. The summed E-state index contributed by atoms with van der Waals surface area (Å²) in [6.07, 6.45) is 4.62. The van der Waals surface area contributed by atoms with E-state index in [0.29, 0.717) is 18.9 Å². The molecule has 0 radical (unpaired) electrons. The van der Waals surface area contributed by atoms with E-state index in [1.807, 2.05) is 12.1 Å². The predicted octanol–water partition coefficient (Wildman–Crippen LogP) is 0.917. The van der Waals surface area contributed by atoms with E-state index in [1.165, 1.54) is 0 Å². The number of hydrogen-bond acceptors (Lipinski definition) is 4. The number of rotatable bonds is 8. The Bertz CT molecular complexity index is 460. The molecule has 0 aliphatic rings. The number of nitrogens with one attached hydrogen (secondary N) is 1. The van der Waals surface area contributed by atoms with Crippen LogP contribution in [0.5, 0.6) is 0 Å². The Morgan fingerprint density at radius 1 is 1.32 bits per heavy atom. The standard InChI is InChI=1S/C13H23N3O2S/c1-11(2)9-13(14)10-16-19(17,18)8-5-12-3-6-15-7-4-12/h3-4,6-7,11,13,16H,5,8-10,14H2,1-2H3. The summed E-state index contributed by atoms with van der Waals surface area (Å²) in [5.41, 5.74) is 6.82. The molecule has 1 aromatic rings. The van der Waals surface area contributed by atoms with Gasteiger partial charge in [-0.2, -0.15) is 0 Å². The fourth-order valence-corrected chi connectivity index (χ4v) is 2.91. The van der Waals surface area contributed by atoms with Crippen molar-refractivity contribution < 1.29 is 8.42 Å². The zero-order valence-corrected chi connectivity index (χ0v) is 12.4. The Kier molecular flexibility index (Phi) is 6.41. The first-order chi connectivity index (χ1) is 8.89. The average molecular weight is 285 g/mol. The maximum absolute atomic E-state index is 11.8. The van der Waals surface area contributed by atoms with E-state index in [1.54, 1.807) is 12.4 Å². The first-order valence-corrected chi connectivity index (χ1v) is 8.16. The molecule has 0 saturated heterocycles. The normalized spacial score (nSPS) is 13.7. The third-order valence-electron chi connectivity index (χ3n) is 2.75. The molecule has 0 saturated carbocycles. The van der Waals surface area contributed by atoms with Crippen molar-refractivity contribution in [1.29, 1.82) is 0 Å². The lowest BCUT2D eigenvalue weighted by molar-refractivity contribution is 0.486. The van der Waals surface area contributed by atoms with Gasteiger partial charge >= 0.3 is 0 Å². The van der Waals surface area contributed by atoms with Crippen molar-refractivity contribution in [2.24, 2.45) is 11.7 Å². The van der Waals surface area contributed by atoms with E-state index in [-0.39, 0.29) is 11.8 Å². The lowest BCUT2D eigenvalue weighted by Gasteiger charge is -2.15. The van der Waals surface area contributed by atoms with Gasteiger partial charge < -0.3 is 5.73 Å². The molecule has 5 nitrogen and oxygen atoms in total. The fraction of sp³-hybridized carbons (Fsp3) is 0.615. The molecule has 1 atom stereocenters. The van der Waals surface area contributed by atoms with Gasteiger partial charge in [0.2, 0.25) is 10.0 Å². The Morgan fingerprint density at radius 3 is 2.53 bits per heavy atom. The van der Waals surface area contributed by atoms with Crippen molar-refractivity contribution in [2.75, 3.05) is 12.3 Å². The quantitative estimate of drug-likeness (QED) is 0.743. The van der Waals surface area contributed by atoms with Crippen molar-refractivity contribution in [1.82, 2.24) is 9.71 Å². The van der Waals surface area contributed by atoms with Gasteiger partial charge in [-0.25, -0.2) is 13.1 Å². The van der Waals surface area contributed by atoms with Crippen LogP contribution >= 0.6 is 0 Å². The second kappa shape index (κ2) is 7.57. The molecular weight excluding hydrogens is 262 g/mol. The third-order valence-corrected chi connectivity index (χ3v) is 4.10. The molecule has 1 heterocycles. The number of nitrogens with zero attached hydrogens (tertiary/aromatic N) is 1. The van der Waals surface area contributed by atoms with Crippen LogP contribution in [0, 0.1) is 5.92 Å². The first kappa shape index (κ1) is 16.1. The Hall–Kier alpha value is -0.980. The van der Waals surface area contributed by atoms with Gasteiger partial charge in [0.15, 0.2) is 0 Å². The zero-order chi connectivity index (χ0) is 14.3. The molecule has 0 aromatic carbocycles. The van der Waals surface area contributed by atoms with Crippen LogP contribution in [0.2, 0.25) is 0 Å². The van der Waals surface area contributed by atoms with Gasteiger partial charge in [-0.3, -0.25) is 4.98 Å². The highest BCUT2D eigenvalue weighted by Gasteiger charge is 2.13. The minimum Gasteiger partial charge on any atom is -0.327 e. The lowest BCUT2D eigenvalue weighted by atomic mass is 10.1. The molecule has 19 heavy (non-hydrogen) atoms. The Morgan fingerprint density at radius 2 is 1.95 bits per heavy atom. The van der Waals surface area contributed by atoms with Gasteiger partial charge in [0.1, 0.15) is 0 Å². The van der Waals surface area contributed by atoms with E-state index in [2.05, 4.69) is 23.6 Å². The summed E-state index contributed by atoms with van der Waals surface area (Å²) in [7, 11) is -3.26. The van der Waals surface area contributed by atoms with Gasteiger partial charge in [0.05, 0.1) is 5.75 Å². The molecule has 3 N–H and O–H groups in total. The van der Waals surface area contributed by atoms with E-state index < -0.39 is 10.0 Å². The molecule has 0 fully saturated rings. The van der Waals surface area contributed by atoms with Crippen molar-refractivity contribution in [3.63, 3.8) is 0 Å². The van der Waals surface area contributed by atoms with E-state index in [4.69, 9.17) is 5.73 Å². The van der Waals surface area contributed by atoms with Gasteiger partial charge in [-0.05, 0) is 36.5 Å². The molecule has 0 spiro atoms. The largest absolute Gasteiger partial charge is 0.327 e. The lowest BCUT2D eigenvalue weighted by Crippen LogP contribution is -2.39. The minimum atomic E-state index is -3.26. The number of sulfonamides is 1. The predicted molar refractivity (Wildman–Crippen MR) is 77.2 cm³/mol. The molecule has 108 valence electrons. The van der Waals surface area contributed by atoms with Crippen molar-refractivity contribution in [3.05, 3.63) is 30.1 Å². The number of pyridine rings is 1. The van der Waals surface area contributed by atoms with E-state index in [0.717, 1.165) is 12.0 Å². The average Bonchev–Trinajstić information content (AvgIpc) is 2.35. The van der Waals surface area contributed by atoms with Gasteiger partial charge in [0.25, 0.3) is 0 Å². The molecule has 1 unspecified atom stereocenters. The molecule has 0 amide bonds. The van der Waals surface area contributed by atoms with Crippen molar-refractivity contribution >= 4 is 10.0 Å². The molecular formula is C13H23N3O2S. The van der Waals surface area contributed by atoms with Gasteiger partial charge in [0, 0.05) is 25.0 Å². The van der Waals surface area contributed by atoms with Crippen LogP contribution in [0.25, 0.3) is 0 Å². The Balaban J connectivity index is 2.36. The van der Waals surface area contributed by atoms with E-state index in [9.17, 15) is 8.42 Å². The summed E-state index contributed by atoms with van der Waals surface area (Å²) in [6, 6.07) is 3.51. The maximum Gasteiger partial charge on any atom is 0.211 e. The van der Waals surface area contributed by atoms with E-state index >= 15 is 0 Å². The molecule has 0 bridgehead atoms. The summed E-state index contributed by atoms with van der Waals surface area (Å²) >= 11 is 0. The summed E-state index contributed by atoms with van der Waals surface area (Å²) < 4.78 is 26.2. The van der Waals surface area contributed by atoms with Crippen LogP contribution in [0.1, 0.15) is 25.8 Å². The van der Waals surface area contributed by atoms with Crippen molar-refractivity contribution in [2.45, 2.75) is 32.7 Å². The monoisotopic (exact) mass is 285 g/mol. The zero-order valence-electron chi connectivity index (χ0n) is 11.5.